The fraction of sp³-hybridized carbons (Fsp3) is 0.167. The van der Waals surface area contributed by atoms with Gasteiger partial charge in [0.15, 0.2) is 11.5 Å². The van der Waals surface area contributed by atoms with Crippen molar-refractivity contribution in [2.45, 2.75) is 11.3 Å². The first-order chi connectivity index (χ1) is 16.6. The van der Waals surface area contributed by atoms with Gasteiger partial charge in [0.2, 0.25) is 0 Å². The molecule has 0 aliphatic heterocycles. The number of benzene rings is 3. The van der Waals surface area contributed by atoms with Crippen molar-refractivity contribution in [2.24, 2.45) is 0 Å². The van der Waals surface area contributed by atoms with Crippen LogP contribution in [-0.2, 0) is 16.4 Å². The molecule has 3 N–H and O–H groups in total. The normalized spacial score (nSPS) is 10.9. The second kappa shape index (κ2) is 11.1. The van der Waals surface area contributed by atoms with Gasteiger partial charge in [-0.2, -0.15) is 0 Å². The Labute approximate surface area is 207 Å². The summed E-state index contributed by atoms with van der Waals surface area (Å²) >= 11 is 5.93. The summed E-state index contributed by atoms with van der Waals surface area (Å²) in [4.78, 5) is 23.7. The Hall–Kier alpha value is -3.76. The SMILES string of the molecule is COc1cc(C(=O)NCCc2ccc(C(=O)O)cc2)cc(NS(=O)(=O)c2cccc(Cl)c2)c1OC. The number of nitrogens with one attached hydrogen (secondary N) is 2. The first-order valence-electron chi connectivity index (χ1n) is 10.3. The quantitative estimate of drug-likeness (QED) is 0.371. The third-order valence-corrected chi connectivity index (χ3v) is 6.59. The Kier molecular flexibility index (Phi) is 8.21. The monoisotopic (exact) mass is 518 g/mol. The van der Waals surface area contributed by atoms with E-state index in [0.29, 0.717) is 6.42 Å². The van der Waals surface area contributed by atoms with Crippen LogP contribution in [0.25, 0.3) is 0 Å². The van der Waals surface area contributed by atoms with Gasteiger partial charge in [0.25, 0.3) is 15.9 Å². The van der Waals surface area contributed by atoms with Gasteiger partial charge < -0.3 is 19.9 Å². The van der Waals surface area contributed by atoms with Gasteiger partial charge in [-0.3, -0.25) is 9.52 Å². The number of ether oxygens (including phenoxy) is 2. The number of rotatable bonds is 10. The lowest BCUT2D eigenvalue weighted by Crippen LogP contribution is -2.26. The van der Waals surface area contributed by atoms with Gasteiger partial charge >= 0.3 is 5.97 Å². The molecule has 0 atom stereocenters. The van der Waals surface area contributed by atoms with E-state index >= 15 is 0 Å². The van der Waals surface area contributed by atoms with Gasteiger partial charge in [-0.25, -0.2) is 13.2 Å². The van der Waals surface area contributed by atoms with Gasteiger partial charge in [0, 0.05) is 17.1 Å². The zero-order valence-corrected chi connectivity index (χ0v) is 20.4. The van der Waals surface area contributed by atoms with Crippen LogP contribution in [0, 0.1) is 0 Å². The molecule has 0 aliphatic rings. The smallest absolute Gasteiger partial charge is 0.335 e. The van der Waals surface area contributed by atoms with Gasteiger partial charge in [0.1, 0.15) is 0 Å². The number of carboxylic acids is 1. The predicted octanol–water partition coefficient (Wildman–Crippen LogP) is 3.83. The molecular weight excluding hydrogens is 496 g/mol. The lowest BCUT2D eigenvalue weighted by molar-refractivity contribution is 0.0696. The Morgan fingerprint density at radius 3 is 2.29 bits per heavy atom. The molecule has 0 fully saturated rings. The topological polar surface area (TPSA) is 131 Å². The molecule has 0 bridgehead atoms. The molecule has 9 nitrogen and oxygen atoms in total. The molecule has 3 aromatic carbocycles. The number of carbonyl (C=O) groups is 2. The van der Waals surface area contributed by atoms with Crippen molar-refractivity contribution in [1.82, 2.24) is 5.32 Å². The summed E-state index contributed by atoms with van der Waals surface area (Å²) in [5.41, 5.74) is 1.18. The van der Waals surface area contributed by atoms with E-state index in [9.17, 15) is 18.0 Å². The first kappa shape index (κ1) is 25.9. The van der Waals surface area contributed by atoms with Crippen LogP contribution >= 0.6 is 11.6 Å². The average molecular weight is 519 g/mol. The van der Waals surface area contributed by atoms with Crippen molar-refractivity contribution in [1.29, 1.82) is 0 Å². The van der Waals surface area contributed by atoms with Crippen LogP contribution < -0.4 is 19.5 Å². The summed E-state index contributed by atoms with van der Waals surface area (Å²) in [6, 6.07) is 14.9. The number of carbonyl (C=O) groups excluding carboxylic acids is 1. The highest BCUT2D eigenvalue weighted by Gasteiger charge is 2.22. The standard InChI is InChI=1S/C24H23ClN2O7S/c1-33-21-13-17(23(28)26-11-10-15-6-8-16(9-7-15)24(29)30)12-20(22(21)34-2)27-35(31,32)19-5-3-4-18(25)14-19/h3-9,12-14,27H,10-11H2,1-2H3,(H,26,28)(H,29,30). The van der Waals surface area contributed by atoms with Crippen LogP contribution in [0.5, 0.6) is 11.5 Å². The first-order valence-corrected chi connectivity index (χ1v) is 12.2. The molecule has 0 saturated carbocycles. The van der Waals surface area contributed by atoms with Crippen LogP contribution in [0.4, 0.5) is 5.69 Å². The minimum absolute atomic E-state index is 0.0150. The zero-order valence-electron chi connectivity index (χ0n) is 18.9. The van der Waals surface area contributed by atoms with Crippen LogP contribution in [0.1, 0.15) is 26.3 Å². The summed E-state index contributed by atoms with van der Waals surface area (Å²) in [7, 11) is -1.32. The highest BCUT2D eigenvalue weighted by atomic mass is 35.5. The lowest BCUT2D eigenvalue weighted by atomic mass is 10.1. The highest BCUT2D eigenvalue weighted by Crippen LogP contribution is 2.38. The van der Waals surface area contributed by atoms with Crippen LogP contribution in [-0.4, -0.2) is 46.2 Å². The molecule has 0 spiro atoms. The molecule has 3 rings (SSSR count). The molecule has 11 heteroatoms. The molecule has 0 saturated heterocycles. The van der Waals surface area contributed by atoms with E-state index in [2.05, 4.69) is 10.0 Å². The van der Waals surface area contributed by atoms with Gasteiger partial charge in [-0.1, -0.05) is 29.8 Å². The van der Waals surface area contributed by atoms with E-state index in [-0.39, 0.29) is 44.8 Å². The summed E-state index contributed by atoms with van der Waals surface area (Å²) in [6.45, 7) is 0.267. The second-order valence-electron chi connectivity index (χ2n) is 7.33. The van der Waals surface area contributed by atoms with Crippen molar-refractivity contribution in [3.05, 3.63) is 82.4 Å². The number of hydrogen-bond donors (Lipinski definition) is 3. The maximum absolute atomic E-state index is 12.9. The number of methoxy groups -OCH3 is 2. The number of hydrogen-bond acceptors (Lipinski definition) is 6. The second-order valence-corrected chi connectivity index (χ2v) is 9.45. The van der Waals surface area contributed by atoms with Crippen molar-refractivity contribution < 1.29 is 32.6 Å². The van der Waals surface area contributed by atoms with Crippen molar-refractivity contribution in [2.75, 3.05) is 25.5 Å². The van der Waals surface area contributed by atoms with Gasteiger partial charge in [0.05, 0.1) is 30.4 Å². The van der Waals surface area contributed by atoms with E-state index in [1.165, 1.54) is 56.7 Å². The molecule has 184 valence electrons. The van der Waals surface area contributed by atoms with E-state index in [1.54, 1.807) is 18.2 Å². The molecule has 0 heterocycles. The van der Waals surface area contributed by atoms with Crippen LogP contribution in [0.15, 0.2) is 65.6 Å². The summed E-state index contributed by atoms with van der Waals surface area (Å²) < 4.78 is 38.8. The lowest BCUT2D eigenvalue weighted by Gasteiger charge is -2.17. The largest absolute Gasteiger partial charge is 0.493 e. The van der Waals surface area contributed by atoms with Crippen LogP contribution in [0.3, 0.4) is 0 Å². The van der Waals surface area contributed by atoms with Crippen LogP contribution in [0.2, 0.25) is 5.02 Å². The molecule has 0 aliphatic carbocycles. The van der Waals surface area contributed by atoms with Gasteiger partial charge in [-0.15, -0.1) is 0 Å². The molecule has 0 aromatic heterocycles. The van der Waals surface area contributed by atoms with E-state index in [0.717, 1.165) is 5.56 Å². The summed E-state index contributed by atoms with van der Waals surface area (Å²) in [5, 5.41) is 12.0. The molecule has 3 aromatic rings. The number of anilines is 1. The minimum Gasteiger partial charge on any atom is -0.493 e. The maximum atomic E-state index is 12.9. The van der Waals surface area contributed by atoms with E-state index < -0.39 is 21.9 Å². The zero-order chi connectivity index (χ0) is 25.6. The Bertz CT molecular complexity index is 1340. The minimum atomic E-state index is -4.04. The number of amides is 1. The summed E-state index contributed by atoms with van der Waals surface area (Å²) in [5.74, 6) is -1.21. The van der Waals surface area contributed by atoms with Gasteiger partial charge in [-0.05, 0) is 54.4 Å². The Morgan fingerprint density at radius 2 is 1.69 bits per heavy atom. The fourth-order valence-corrected chi connectivity index (χ4v) is 4.60. The highest BCUT2D eigenvalue weighted by molar-refractivity contribution is 7.92. The number of carboxylic acid groups (broad SMARTS) is 1. The molecular formula is C24H23ClN2O7S. The molecule has 0 radical (unpaired) electrons. The Morgan fingerprint density at radius 1 is 0.971 bits per heavy atom. The maximum Gasteiger partial charge on any atom is 0.335 e. The molecule has 0 unspecified atom stereocenters. The summed E-state index contributed by atoms with van der Waals surface area (Å²) in [6.07, 6.45) is 0.465. The third-order valence-electron chi connectivity index (χ3n) is 4.99. The number of sulfonamides is 1. The Balaban J connectivity index is 1.80. The van der Waals surface area contributed by atoms with Crippen molar-refractivity contribution in [3.63, 3.8) is 0 Å². The van der Waals surface area contributed by atoms with Crippen molar-refractivity contribution >= 4 is 39.2 Å². The fourth-order valence-electron chi connectivity index (χ4n) is 3.25. The molecule has 35 heavy (non-hydrogen) atoms. The van der Waals surface area contributed by atoms with E-state index in [4.69, 9.17) is 26.2 Å². The molecule has 1 amide bonds. The van der Waals surface area contributed by atoms with Crippen molar-refractivity contribution in [3.8, 4) is 11.5 Å². The van der Waals surface area contributed by atoms with E-state index in [1.807, 2.05) is 0 Å². The average Bonchev–Trinajstić information content (AvgIpc) is 2.83. The third kappa shape index (κ3) is 6.43. The number of halogens is 1. The predicted molar refractivity (Wildman–Crippen MR) is 131 cm³/mol. The number of aromatic carboxylic acids is 1.